The molecule has 0 aromatic heterocycles. The molecule has 1 rings (SSSR count). The fourth-order valence-corrected chi connectivity index (χ4v) is 5.77. The Bertz CT molecular complexity index is 903. The number of benzene rings is 1. The molecule has 0 aliphatic rings. The van der Waals surface area contributed by atoms with Gasteiger partial charge >= 0.3 is 0 Å². The van der Waals surface area contributed by atoms with E-state index in [1.807, 2.05) is 45.9 Å². The third kappa shape index (κ3) is 8.65. The zero-order chi connectivity index (χ0) is 23.9. The maximum absolute atomic E-state index is 12.2. The third-order valence-corrected chi connectivity index (χ3v) is 9.30. The van der Waals surface area contributed by atoms with Crippen molar-refractivity contribution in [1.82, 2.24) is 0 Å². The van der Waals surface area contributed by atoms with E-state index in [9.17, 15) is 28.7 Å². The topological polar surface area (TPSA) is 126 Å². The Balaban J connectivity index is 3.32. The largest absolute Gasteiger partial charge is 0.810 e. The van der Waals surface area contributed by atoms with E-state index >= 15 is 0 Å². The first-order chi connectivity index (χ1) is 14.2. The van der Waals surface area contributed by atoms with E-state index in [0.717, 1.165) is 22.3 Å². The Labute approximate surface area is 186 Å². The van der Waals surface area contributed by atoms with E-state index in [0.29, 0.717) is 24.8 Å². The lowest BCUT2D eigenvalue weighted by Crippen LogP contribution is -2.47. The van der Waals surface area contributed by atoms with Crippen LogP contribution in [0.3, 0.4) is 0 Å². The molecule has 0 spiro atoms. The van der Waals surface area contributed by atoms with Crippen molar-refractivity contribution in [2.24, 2.45) is 0 Å². The van der Waals surface area contributed by atoms with Gasteiger partial charge in [0, 0.05) is 4.90 Å². The van der Waals surface area contributed by atoms with Gasteiger partial charge < -0.3 is 28.7 Å². The Kier molecular flexibility index (Phi) is 10.4. The monoisotopic (exact) mass is 466 g/mol. The van der Waals surface area contributed by atoms with Gasteiger partial charge in [-0.2, -0.15) is 0 Å². The average Bonchev–Trinajstić information content (AvgIpc) is 2.61. The third-order valence-electron chi connectivity index (χ3n) is 5.11. The van der Waals surface area contributed by atoms with Crippen LogP contribution in [-0.2, 0) is 22.0 Å². The Morgan fingerprint density at radius 2 is 1.42 bits per heavy atom. The molecule has 0 amide bonds. The standard InChI is InChI=1S/C23H36O6P2/c1-18(2)8-6-9-20(5)14-15-23(30(24,25)26,31(27,28)29)17-22-11-7-10-21(16-22)13-12-19(3)4/h7-8,10-12,14,16H,6,9,13,15,17H2,1-5H3,(H2,24,25,26)(H2,27,28,29)/p-4/b20-14+. The summed E-state index contributed by atoms with van der Waals surface area (Å²) < 4.78 is 24.3. The highest BCUT2D eigenvalue weighted by atomic mass is 31.2. The highest BCUT2D eigenvalue weighted by Crippen LogP contribution is 2.64. The first-order valence-corrected chi connectivity index (χ1v) is 13.3. The Morgan fingerprint density at radius 3 is 1.94 bits per heavy atom. The summed E-state index contributed by atoms with van der Waals surface area (Å²) in [5.74, 6) is 0. The molecule has 0 unspecified atom stereocenters. The first-order valence-electron chi connectivity index (χ1n) is 10.2. The van der Waals surface area contributed by atoms with Crippen LogP contribution in [0, 0.1) is 0 Å². The summed E-state index contributed by atoms with van der Waals surface area (Å²) in [7, 11) is -11.6. The lowest BCUT2D eigenvalue weighted by molar-refractivity contribution is -0.336. The quantitative estimate of drug-likeness (QED) is 0.364. The molecule has 0 radical (unpaired) electrons. The second-order valence-electron chi connectivity index (χ2n) is 8.53. The van der Waals surface area contributed by atoms with Crippen LogP contribution in [0.2, 0.25) is 0 Å². The zero-order valence-corrected chi connectivity index (χ0v) is 20.7. The minimum atomic E-state index is -5.79. The molecule has 0 bridgehead atoms. The van der Waals surface area contributed by atoms with Crippen molar-refractivity contribution in [3.8, 4) is 0 Å². The minimum Gasteiger partial charge on any atom is -0.810 e. The van der Waals surface area contributed by atoms with Crippen LogP contribution < -0.4 is 19.6 Å². The molecule has 0 aliphatic heterocycles. The Morgan fingerprint density at radius 1 is 0.871 bits per heavy atom. The molecule has 0 saturated heterocycles. The van der Waals surface area contributed by atoms with Crippen molar-refractivity contribution >= 4 is 15.2 Å². The average molecular weight is 466 g/mol. The van der Waals surface area contributed by atoms with Gasteiger partial charge in [0.15, 0.2) is 0 Å². The molecule has 174 valence electrons. The van der Waals surface area contributed by atoms with Crippen molar-refractivity contribution in [3.05, 3.63) is 70.3 Å². The van der Waals surface area contributed by atoms with Crippen LogP contribution in [0.5, 0.6) is 0 Å². The van der Waals surface area contributed by atoms with Gasteiger partial charge in [0.1, 0.15) is 0 Å². The zero-order valence-electron chi connectivity index (χ0n) is 18.9. The lowest BCUT2D eigenvalue weighted by Gasteiger charge is -2.59. The normalized spacial score (nSPS) is 13.1. The summed E-state index contributed by atoms with van der Waals surface area (Å²) in [6.07, 6.45) is 5.90. The highest BCUT2D eigenvalue weighted by molar-refractivity contribution is 7.69. The van der Waals surface area contributed by atoms with Crippen molar-refractivity contribution < 1.29 is 28.7 Å². The summed E-state index contributed by atoms with van der Waals surface area (Å²) in [5.41, 5.74) is 4.11. The fraction of sp³-hybridized carbons (Fsp3) is 0.478. The van der Waals surface area contributed by atoms with E-state index in [4.69, 9.17) is 0 Å². The predicted molar refractivity (Wildman–Crippen MR) is 118 cm³/mol. The predicted octanol–water partition coefficient (Wildman–Crippen LogP) is 3.34. The van der Waals surface area contributed by atoms with Gasteiger partial charge in [-0.3, -0.25) is 0 Å². The maximum atomic E-state index is 12.2. The molecular formula is C23H32O6P2-4. The number of hydrogen-bond donors (Lipinski definition) is 0. The second kappa shape index (κ2) is 11.6. The fourth-order valence-electron chi connectivity index (χ4n) is 3.18. The van der Waals surface area contributed by atoms with Crippen LogP contribution in [-0.4, -0.2) is 4.90 Å². The molecule has 8 heteroatoms. The van der Waals surface area contributed by atoms with Gasteiger partial charge in [-0.05, 0) is 77.8 Å². The number of rotatable bonds is 11. The first kappa shape index (κ1) is 27.8. The van der Waals surface area contributed by atoms with Crippen LogP contribution in [0.4, 0.5) is 0 Å². The lowest BCUT2D eigenvalue weighted by atomic mass is 10.0. The van der Waals surface area contributed by atoms with Crippen LogP contribution >= 0.6 is 15.2 Å². The van der Waals surface area contributed by atoms with Gasteiger partial charge in [-0.1, -0.05) is 74.4 Å². The van der Waals surface area contributed by atoms with Crippen LogP contribution in [0.15, 0.2) is 59.2 Å². The van der Waals surface area contributed by atoms with Gasteiger partial charge in [0.05, 0.1) is 0 Å². The number of allylic oxidation sites excluding steroid dienone is 6. The molecule has 0 aliphatic carbocycles. The van der Waals surface area contributed by atoms with E-state index in [1.165, 1.54) is 12.1 Å². The van der Waals surface area contributed by atoms with E-state index in [1.54, 1.807) is 19.1 Å². The SMILES string of the molecule is CC(C)=CCC/C(C)=C/CC(Cc1cccc(CC=C(C)C)c1)(P(=O)([O-])[O-])P(=O)([O-])[O-]. The van der Waals surface area contributed by atoms with Gasteiger partial charge in [-0.25, -0.2) is 0 Å². The minimum absolute atomic E-state index is 0.328. The van der Waals surface area contributed by atoms with Gasteiger partial charge in [0.25, 0.3) is 0 Å². The molecule has 0 atom stereocenters. The smallest absolute Gasteiger partial charge is 0.0330 e. The summed E-state index contributed by atoms with van der Waals surface area (Å²) in [5, 5.41) is 0. The van der Waals surface area contributed by atoms with Gasteiger partial charge in [0.2, 0.25) is 0 Å². The van der Waals surface area contributed by atoms with E-state index in [2.05, 4.69) is 0 Å². The molecule has 0 fully saturated rings. The highest BCUT2D eigenvalue weighted by Gasteiger charge is 2.37. The van der Waals surface area contributed by atoms with Crippen molar-refractivity contribution in [2.75, 3.05) is 0 Å². The van der Waals surface area contributed by atoms with Crippen molar-refractivity contribution in [3.63, 3.8) is 0 Å². The van der Waals surface area contributed by atoms with Crippen molar-refractivity contribution in [1.29, 1.82) is 0 Å². The van der Waals surface area contributed by atoms with Crippen molar-refractivity contribution in [2.45, 2.75) is 71.6 Å². The number of hydrogen-bond acceptors (Lipinski definition) is 6. The molecule has 0 saturated carbocycles. The molecule has 0 N–H and O–H groups in total. The summed E-state index contributed by atoms with van der Waals surface area (Å²) in [6, 6.07) is 6.66. The molecule has 0 heterocycles. The second-order valence-corrected chi connectivity index (χ2v) is 12.6. The van der Waals surface area contributed by atoms with Crippen LogP contribution in [0.1, 0.15) is 65.0 Å². The molecular weight excluding hydrogens is 434 g/mol. The molecule has 1 aromatic rings. The summed E-state index contributed by atoms with van der Waals surface area (Å²) in [6.45, 7) is 9.51. The van der Waals surface area contributed by atoms with Crippen LogP contribution in [0.25, 0.3) is 0 Å². The molecule has 31 heavy (non-hydrogen) atoms. The summed E-state index contributed by atoms with van der Waals surface area (Å²) >= 11 is 0. The van der Waals surface area contributed by atoms with E-state index in [-0.39, 0.29) is 0 Å². The Hall–Kier alpha value is -1.26. The van der Waals surface area contributed by atoms with Gasteiger partial charge in [-0.15, -0.1) is 0 Å². The maximum Gasteiger partial charge on any atom is 0.0330 e. The molecule has 6 nitrogen and oxygen atoms in total. The van der Waals surface area contributed by atoms with E-state index < -0.39 is 32.9 Å². The molecule has 1 aromatic carbocycles. The summed E-state index contributed by atoms with van der Waals surface area (Å²) in [4.78, 5) is 45.8.